The van der Waals surface area contributed by atoms with Gasteiger partial charge in [0.15, 0.2) is 0 Å². The first-order chi connectivity index (χ1) is 17.1. The highest BCUT2D eigenvalue weighted by Crippen LogP contribution is 2.28. The van der Waals surface area contributed by atoms with Crippen molar-refractivity contribution in [2.24, 2.45) is 10.7 Å². The third-order valence-electron chi connectivity index (χ3n) is 6.67. The molecule has 1 saturated heterocycles. The first kappa shape index (κ1) is 24.4. The lowest BCUT2D eigenvalue weighted by Crippen LogP contribution is -2.35. The van der Waals surface area contributed by atoms with Crippen LogP contribution >= 0.6 is 0 Å². The number of pyridine rings is 1. The molecule has 0 saturated carbocycles. The number of aromatic nitrogens is 2. The number of benzene rings is 1. The molecule has 0 radical (unpaired) electrons. The predicted molar refractivity (Wildman–Crippen MR) is 141 cm³/mol. The van der Waals surface area contributed by atoms with Crippen LogP contribution in [-0.4, -0.2) is 53.8 Å². The number of piperidine rings is 1. The number of likely N-dealkylation sites (tertiary alicyclic amines) is 1. The van der Waals surface area contributed by atoms with E-state index >= 15 is 0 Å². The number of nitrogens with zero attached hydrogens (tertiary/aromatic N) is 4. The topological polar surface area (TPSA) is 85.7 Å². The second-order valence-electron chi connectivity index (χ2n) is 8.83. The lowest BCUT2D eigenvalue weighted by Gasteiger charge is -2.33. The molecule has 0 bridgehead atoms. The Morgan fingerprint density at radius 3 is 2.74 bits per heavy atom. The van der Waals surface area contributed by atoms with Gasteiger partial charge in [0.05, 0.1) is 18.6 Å². The third-order valence-corrected chi connectivity index (χ3v) is 6.67. The number of allylic oxidation sites excluding steroid dienone is 3. The average Bonchev–Trinajstić information content (AvgIpc) is 3.32. The molecule has 2 N–H and O–H groups in total. The van der Waals surface area contributed by atoms with Crippen LogP contribution in [0.15, 0.2) is 77.9 Å². The van der Waals surface area contributed by atoms with E-state index in [-0.39, 0.29) is 5.91 Å². The molecule has 0 unspecified atom stereocenters. The zero-order valence-electron chi connectivity index (χ0n) is 20.3. The number of rotatable bonds is 10. The van der Waals surface area contributed by atoms with Crippen LogP contribution in [0.1, 0.15) is 47.6 Å². The number of primary amides is 1. The van der Waals surface area contributed by atoms with Crippen molar-refractivity contribution in [3.8, 4) is 0 Å². The number of hydrogen-bond donors (Lipinski definition) is 1. The Balaban J connectivity index is 1.29. The van der Waals surface area contributed by atoms with Crippen LogP contribution in [0.25, 0.3) is 16.6 Å². The maximum atomic E-state index is 11.6. The van der Waals surface area contributed by atoms with Crippen LogP contribution in [-0.2, 0) is 4.74 Å². The SMILES string of the molecule is C=N/C(=C\C=C(/CCCN1CCC(n2ccc3ccc(C(N)=O)cc32)CC1)OC)c1cccnc1. The molecule has 3 heterocycles. The maximum absolute atomic E-state index is 11.6. The highest BCUT2D eigenvalue weighted by atomic mass is 16.5. The van der Waals surface area contributed by atoms with Crippen LogP contribution < -0.4 is 5.73 Å². The van der Waals surface area contributed by atoms with Gasteiger partial charge in [-0.25, -0.2) is 0 Å². The first-order valence-electron chi connectivity index (χ1n) is 12.0. The van der Waals surface area contributed by atoms with Crippen LogP contribution in [0.4, 0.5) is 0 Å². The molecule has 35 heavy (non-hydrogen) atoms. The Hall–Kier alpha value is -3.71. The molecule has 1 amide bonds. The summed E-state index contributed by atoms with van der Waals surface area (Å²) in [6.45, 7) is 6.81. The van der Waals surface area contributed by atoms with Crippen molar-refractivity contribution < 1.29 is 9.53 Å². The fourth-order valence-corrected chi connectivity index (χ4v) is 4.70. The molecule has 4 rings (SSSR count). The molecule has 0 spiro atoms. The number of ether oxygens (including phenoxy) is 1. The summed E-state index contributed by atoms with van der Waals surface area (Å²) in [4.78, 5) is 22.4. The lowest BCUT2D eigenvalue weighted by atomic mass is 10.0. The summed E-state index contributed by atoms with van der Waals surface area (Å²) in [5.74, 6) is 0.539. The predicted octanol–water partition coefficient (Wildman–Crippen LogP) is 4.82. The molecule has 7 heteroatoms. The Bertz CT molecular complexity index is 1220. The van der Waals surface area contributed by atoms with Gasteiger partial charge in [-0.1, -0.05) is 6.07 Å². The van der Waals surface area contributed by atoms with Crippen molar-refractivity contribution in [1.29, 1.82) is 0 Å². The van der Waals surface area contributed by atoms with Crippen LogP contribution in [0.3, 0.4) is 0 Å². The van der Waals surface area contributed by atoms with E-state index in [0.717, 1.165) is 73.2 Å². The Morgan fingerprint density at radius 1 is 1.23 bits per heavy atom. The number of methoxy groups -OCH3 is 1. The van der Waals surface area contributed by atoms with Crippen LogP contribution in [0, 0.1) is 0 Å². The molecule has 1 fully saturated rings. The van der Waals surface area contributed by atoms with Gasteiger partial charge < -0.3 is 19.9 Å². The fourth-order valence-electron chi connectivity index (χ4n) is 4.70. The van der Waals surface area contributed by atoms with Crippen molar-refractivity contribution >= 4 is 29.2 Å². The van der Waals surface area contributed by atoms with Gasteiger partial charge in [-0.15, -0.1) is 0 Å². The molecular formula is C28H33N5O2. The molecule has 1 aliphatic heterocycles. The second-order valence-corrected chi connectivity index (χ2v) is 8.83. The van der Waals surface area contributed by atoms with E-state index in [1.807, 2.05) is 36.4 Å². The van der Waals surface area contributed by atoms with Crippen molar-refractivity contribution in [1.82, 2.24) is 14.5 Å². The van der Waals surface area contributed by atoms with Crippen LogP contribution in [0.2, 0.25) is 0 Å². The smallest absolute Gasteiger partial charge is 0.248 e. The highest BCUT2D eigenvalue weighted by molar-refractivity contribution is 5.97. The largest absolute Gasteiger partial charge is 0.501 e. The van der Waals surface area contributed by atoms with Crippen molar-refractivity contribution in [3.05, 3.63) is 84.0 Å². The number of amides is 1. The summed E-state index contributed by atoms with van der Waals surface area (Å²) in [5, 5.41) is 1.14. The zero-order chi connectivity index (χ0) is 24.6. The summed E-state index contributed by atoms with van der Waals surface area (Å²) in [5.41, 5.74) is 8.83. The molecular weight excluding hydrogens is 438 g/mol. The van der Waals surface area contributed by atoms with Gasteiger partial charge in [0.25, 0.3) is 0 Å². The van der Waals surface area contributed by atoms with Crippen molar-refractivity contribution in [2.45, 2.75) is 31.7 Å². The Kier molecular flexibility index (Phi) is 8.11. The van der Waals surface area contributed by atoms with Gasteiger partial charge in [-0.3, -0.25) is 14.8 Å². The number of fused-ring (bicyclic) bond motifs is 1. The van der Waals surface area contributed by atoms with Crippen molar-refractivity contribution in [3.63, 3.8) is 0 Å². The Morgan fingerprint density at radius 2 is 2.06 bits per heavy atom. The van der Waals surface area contributed by atoms with Gasteiger partial charge in [-0.05, 0) is 80.4 Å². The average molecular weight is 472 g/mol. The van der Waals surface area contributed by atoms with Gasteiger partial charge in [0.2, 0.25) is 5.91 Å². The molecule has 1 aromatic carbocycles. The van der Waals surface area contributed by atoms with Crippen LogP contribution in [0.5, 0.6) is 0 Å². The third kappa shape index (κ3) is 6.05. The normalized spacial score (nSPS) is 15.9. The van der Waals surface area contributed by atoms with E-state index in [0.29, 0.717) is 11.6 Å². The van der Waals surface area contributed by atoms with E-state index in [1.165, 1.54) is 0 Å². The lowest BCUT2D eigenvalue weighted by molar-refractivity contribution is 0.100. The molecule has 3 aromatic rings. The molecule has 0 aliphatic carbocycles. The minimum atomic E-state index is -0.386. The van der Waals surface area contributed by atoms with Crippen molar-refractivity contribution in [2.75, 3.05) is 26.7 Å². The second kappa shape index (κ2) is 11.6. The maximum Gasteiger partial charge on any atom is 0.248 e. The first-order valence-corrected chi connectivity index (χ1v) is 12.0. The number of aliphatic imine (C=N–C) groups is 1. The molecule has 1 aliphatic rings. The zero-order valence-corrected chi connectivity index (χ0v) is 20.3. The Labute approximate surface area is 206 Å². The summed E-state index contributed by atoms with van der Waals surface area (Å²) in [6, 6.07) is 12.1. The molecule has 7 nitrogen and oxygen atoms in total. The highest BCUT2D eigenvalue weighted by Gasteiger charge is 2.21. The standard InChI is InChI=1S/C28H33N5O2/c1-30-26(23-5-3-14-31-20-23)10-9-25(35-2)6-4-15-32-16-12-24(13-17-32)33-18-11-21-7-8-22(28(29)34)19-27(21)33/h3,5,7-11,14,18-20,24H,1,4,6,12-13,15-17H2,2H3,(H2,29,34)/b25-9+,26-10-. The molecule has 2 aromatic heterocycles. The number of carbonyl (C=O) groups excluding carboxylic acids is 1. The van der Waals surface area contributed by atoms with E-state index in [2.05, 4.69) is 38.4 Å². The van der Waals surface area contributed by atoms with E-state index in [1.54, 1.807) is 25.6 Å². The fraction of sp³-hybridized carbons (Fsp3) is 0.321. The molecule has 0 atom stereocenters. The summed E-state index contributed by atoms with van der Waals surface area (Å²) in [6.07, 6.45) is 13.6. The molecule has 182 valence electrons. The minimum Gasteiger partial charge on any atom is -0.501 e. The summed E-state index contributed by atoms with van der Waals surface area (Å²) >= 11 is 0. The van der Waals surface area contributed by atoms with E-state index < -0.39 is 0 Å². The van der Waals surface area contributed by atoms with Gasteiger partial charge in [0, 0.05) is 60.8 Å². The van der Waals surface area contributed by atoms with Gasteiger partial charge >= 0.3 is 0 Å². The monoisotopic (exact) mass is 471 g/mol. The number of nitrogens with two attached hydrogens (primary N) is 1. The van der Waals surface area contributed by atoms with E-state index in [9.17, 15) is 4.79 Å². The number of hydrogen-bond acceptors (Lipinski definition) is 5. The summed E-state index contributed by atoms with van der Waals surface area (Å²) in [7, 11) is 1.71. The van der Waals surface area contributed by atoms with Gasteiger partial charge in [0.1, 0.15) is 0 Å². The number of carbonyl (C=O) groups is 1. The summed E-state index contributed by atoms with van der Waals surface area (Å²) < 4.78 is 7.90. The minimum absolute atomic E-state index is 0.386. The van der Waals surface area contributed by atoms with E-state index in [4.69, 9.17) is 10.5 Å². The van der Waals surface area contributed by atoms with Gasteiger partial charge in [-0.2, -0.15) is 0 Å². The quantitative estimate of drug-likeness (QED) is 0.261.